The Morgan fingerprint density at radius 2 is 2.11 bits per heavy atom. The Labute approximate surface area is 113 Å². The molecule has 0 amide bonds. The molecule has 0 fully saturated rings. The van der Waals surface area contributed by atoms with E-state index in [9.17, 15) is 4.39 Å². The van der Waals surface area contributed by atoms with Crippen molar-refractivity contribution < 1.29 is 4.39 Å². The van der Waals surface area contributed by atoms with Crippen molar-refractivity contribution >= 4 is 23.2 Å². The molecule has 18 heavy (non-hydrogen) atoms. The molecule has 0 aliphatic carbocycles. The minimum absolute atomic E-state index is 0.0334. The molecule has 0 aliphatic rings. The lowest BCUT2D eigenvalue weighted by molar-refractivity contribution is 0.533. The number of nitrogens with two attached hydrogens (primary N) is 1. The summed E-state index contributed by atoms with van der Waals surface area (Å²) in [5, 5.41) is 4.43. The third kappa shape index (κ3) is 2.22. The zero-order valence-corrected chi connectivity index (χ0v) is 11.0. The Balaban J connectivity index is 2.56. The van der Waals surface area contributed by atoms with Crippen molar-refractivity contribution in [2.24, 2.45) is 12.9 Å². The highest BCUT2D eigenvalue weighted by Gasteiger charge is 2.23. The van der Waals surface area contributed by atoms with Gasteiger partial charge in [-0.05, 0) is 6.07 Å². The van der Waals surface area contributed by atoms with Gasteiger partial charge in [0, 0.05) is 12.6 Å². The fourth-order valence-electron chi connectivity index (χ4n) is 1.80. The summed E-state index contributed by atoms with van der Waals surface area (Å²) >= 11 is 11.8. The summed E-state index contributed by atoms with van der Waals surface area (Å²) in [5.41, 5.74) is 3.41. The van der Waals surface area contributed by atoms with E-state index in [1.54, 1.807) is 19.2 Å². The number of nitrogens with zero attached hydrogens (tertiary/aromatic N) is 2. The molecule has 7 heteroatoms. The fourth-order valence-corrected chi connectivity index (χ4v) is 2.26. The monoisotopic (exact) mass is 288 g/mol. The molecule has 2 rings (SSSR count). The highest BCUT2D eigenvalue weighted by molar-refractivity contribution is 6.31. The molecule has 0 bridgehead atoms. The molecule has 1 atom stereocenters. The van der Waals surface area contributed by atoms with E-state index in [2.05, 4.69) is 10.5 Å². The summed E-state index contributed by atoms with van der Waals surface area (Å²) in [6, 6.07) is 4.09. The van der Waals surface area contributed by atoms with E-state index in [-0.39, 0.29) is 5.02 Å². The van der Waals surface area contributed by atoms with Crippen LogP contribution in [-0.2, 0) is 7.05 Å². The minimum atomic E-state index is -0.622. The van der Waals surface area contributed by atoms with Gasteiger partial charge in [0.15, 0.2) is 0 Å². The fraction of sp³-hybridized carbons (Fsp3) is 0.182. The zero-order chi connectivity index (χ0) is 13.3. The summed E-state index contributed by atoms with van der Waals surface area (Å²) in [6.07, 6.45) is 1.48. The highest BCUT2D eigenvalue weighted by Crippen LogP contribution is 2.30. The Morgan fingerprint density at radius 1 is 1.39 bits per heavy atom. The smallest absolute Gasteiger partial charge is 0.147 e. The SMILES string of the molecule is Cn1ncc(Cl)c1C(NN)c1cccc(Cl)c1F. The van der Waals surface area contributed by atoms with Crippen LogP contribution in [0.3, 0.4) is 0 Å². The predicted octanol–water partition coefficient (Wildman–Crippen LogP) is 2.42. The number of nitrogens with one attached hydrogen (secondary N) is 1. The summed E-state index contributed by atoms with van der Waals surface area (Å²) < 4.78 is 15.5. The summed E-state index contributed by atoms with van der Waals surface area (Å²) in [7, 11) is 1.70. The number of hydrogen-bond donors (Lipinski definition) is 2. The third-order valence-corrected chi connectivity index (χ3v) is 3.25. The number of hydrogen-bond acceptors (Lipinski definition) is 3. The Hall–Kier alpha value is -1.14. The second-order valence-corrected chi connectivity index (χ2v) is 4.56. The molecule has 0 saturated heterocycles. The number of halogens is 3. The summed E-state index contributed by atoms with van der Waals surface area (Å²) in [4.78, 5) is 0. The van der Waals surface area contributed by atoms with E-state index in [1.807, 2.05) is 0 Å². The van der Waals surface area contributed by atoms with E-state index in [1.165, 1.54) is 16.9 Å². The molecule has 1 aromatic carbocycles. The Bertz CT molecular complexity index is 551. The van der Waals surface area contributed by atoms with Gasteiger partial charge < -0.3 is 0 Å². The van der Waals surface area contributed by atoms with Gasteiger partial charge in [-0.1, -0.05) is 35.3 Å². The molecule has 1 aromatic heterocycles. The summed E-state index contributed by atoms with van der Waals surface area (Å²) in [6.45, 7) is 0. The molecule has 2 aromatic rings. The van der Waals surface area contributed by atoms with Crippen molar-refractivity contribution in [3.8, 4) is 0 Å². The highest BCUT2D eigenvalue weighted by atomic mass is 35.5. The molecule has 1 unspecified atom stereocenters. The average Bonchev–Trinajstić information content (AvgIpc) is 2.67. The van der Waals surface area contributed by atoms with Crippen LogP contribution in [0.25, 0.3) is 0 Å². The van der Waals surface area contributed by atoms with Crippen molar-refractivity contribution in [1.82, 2.24) is 15.2 Å². The predicted molar refractivity (Wildman–Crippen MR) is 68.8 cm³/mol. The van der Waals surface area contributed by atoms with Crippen molar-refractivity contribution in [2.45, 2.75) is 6.04 Å². The Morgan fingerprint density at radius 3 is 2.67 bits per heavy atom. The molecule has 3 N–H and O–H groups in total. The molecule has 0 spiro atoms. The van der Waals surface area contributed by atoms with Gasteiger partial charge in [0.2, 0.25) is 0 Å². The Kier molecular flexibility index (Phi) is 3.87. The minimum Gasteiger partial charge on any atom is -0.271 e. The number of aromatic nitrogens is 2. The first-order chi connectivity index (χ1) is 8.56. The first kappa shape index (κ1) is 13.3. The van der Waals surface area contributed by atoms with Gasteiger partial charge in [-0.15, -0.1) is 0 Å². The van der Waals surface area contributed by atoms with E-state index in [4.69, 9.17) is 29.0 Å². The zero-order valence-electron chi connectivity index (χ0n) is 9.49. The number of benzene rings is 1. The van der Waals surface area contributed by atoms with Crippen LogP contribution in [0.4, 0.5) is 4.39 Å². The van der Waals surface area contributed by atoms with Crippen LogP contribution in [0, 0.1) is 5.82 Å². The maximum Gasteiger partial charge on any atom is 0.147 e. The molecule has 1 heterocycles. The van der Waals surface area contributed by atoms with E-state index in [0.717, 1.165) is 0 Å². The quantitative estimate of drug-likeness (QED) is 0.674. The van der Waals surface area contributed by atoms with Gasteiger partial charge in [0.05, 0.1) is 28.0 Å². The van der Waals surface area contributed by atoms with Crippen LogP contribution >= 0.6 is 23.2 Å². The average molecular weight is 289 g/mol. The largest absolute Gasteiger partial charge is 0.271 e. The van der Waals surface area contributed by atoms with Crippen LogP contribution < -0.4 is 11.3 Å². The van der Waals surface area contributed by atoms with Gasteiger partial charge in [-0.2, -0.15) is 5.10 Å². The van der Waals surface area contributed by atoms with Crippen molar-refractivity contribution in [1.29, 1.82) is 0 Å². The number of rotatable bonds is 3. The standard InChI is InChI=1S/C11H11Cl2FN4/c1-18-11(8(13)5-16-18)10(17-15)6-3-2-4-7(12)9(6)14/h2-5,10,17H,15H2,1H3. The third-order valence-electron chi connectivity index (χ3n) is 2.67. The first-order valence-corrected chi connectivity index (χ1v) is 5.89. The van der Waals surface area contributed by atoms with Gasteiger partial charge in [-0.25, -0.2) is 9.82 Å². The maximum atomic E-state index is 14.0. The van der Waals surface area contributed by atoms with Gasteiger partial charge in [0.1, 0.15) is 5.82 Å². The van der Waals surface area contributed by atoms with E-state index in [0.29, 0.717) is 16.3 Å². The van der Waals surface area contributed by atoms with Crippen molar-refractivity contribution in [2.75, 3.05) is 0 Å². The summed E-state index contributed by atoms with van der Waals surface area (Å²) in [5.74, 6) is 4.96. The lowest BCUT2D eigenvalue weighted by Gasteiger charge is -2.18. The number of aryl methyl sites for hydroxylation is 1. The van der Waals surface area contributed by atoms with Gasteiger partial charge in [-0.3, -0.25) is 10.5 Å². The molecule has 4 nitrogen and oxygen atoms in total. The second kappa shape index (κ2) is 5.24. The normalized spacial score (nSPS) is 12.7. The molecule has 0 aliphatic heterocycles. The van der Waals surface area contributed by atoms with Crippen LogP contribution in [-0.4, -0.2) is 9.78 Å². The second-order valence-electron chi connectivity index (χ2n) is 3.74. The van der Waals surface area contributed by atoms with Crippen molar-refractivity contribution in [3.05, 3.63) is 51.5 Å². The molecule has 0 radical (unpaired) electrons. The lowest BCUT2D eigenvalue weighted by atomic mass is 10.0. The van der Waals surface area contributed by atoms with Crippen LogP contribution in [0.15, 0.2) is 24.4 Å². The van der Waals surface area contributed by atoms with Gasteiger partial charge in [0.25, 0.3) is 0 Å². The van der Waals surface area contributed by atoms with Crippen LogP contribution in [0.5, 0.6) is 0 Å². The first-order valence-electron chi connectivity index (χ1n) is 5.13. The van der Waals surface area contributed by atoms with E-state index < -0.39 is 11.9 Å². The van der Waals surface area contributed by atoms with Crippen LogP contribution in [0.1, 0.15) is 17.3 Å². The molecule has 0 saturated carbocycles. The maximum absolute atomic E-state index is 14.0. The van der Waals surface area contributed by atoms with Crippen LogP contribution in [0.2, 0.25) is 10.0 Å². The molecule has 96 valence electrons. The lowest BCUT2D eigenvalue weighted by Crippen LogP contribution is -2.31. The number of hydrazine groups is 1. The van der Waals surface area contributed by atoms with Crippen molar-refractivity contribution in [3.63, 3.8) is 0 Å². The molecular weight excluding hydrogens is 278 g/mol. The molecular formula is C11H11Cl2FN4. The van der Waals surface area contributed by atoms with E-state index >= 15 is 0 Å². The topological polar surface area (TPSA) is 55.9 Å². The van der Waals surface area contributed by atoms with Gasteiger partial charge >= 0.3 is 0 Å².